The number of fused-ring (bicyclic) bond motifs is 1. The molecule has 0 aliphatic carbocycles. The van der Waals surface area contributed by atoms with Crippen molar-refractivity contribution in [2.75, 3.05) is 11.9 Å². The lowest BCUT2D eigenvalue weighted by atomic mass is 10.2. The first-order chi connectivity index (χ1) is 16.5. The summed E-state index contributed by atoms with van der Waals surface area (Å²) in [7, 11) is 0. The van der Waals surface area contributed by atoms with Crippen LogP contribution >= 0.6 is 0 Å². The minimum Gasteiger partial charge on any atom is -0.462 e. The Morgan fingerprint density at radius 3 is 2.56 bits per heavy atom. The molecule has 0 bridgehead atoms. The molecule has 4 rings (SSSR count). The highest BCUT2D eigenvalue weighted by molar-refractivity contribution is 5.93. The van der Waals surface area contributed by atoms with Crippen LogP contribution in [0.25, 0.3) is 11.2 Å². The smallest absolute Gasteiger partial charge is 0.338 e. The molecule has 1 amide bonds. The zero-order chi connectivity index (χ0) is 23.9. The zero-order valence-electron chi connectivity index (χ0n) is 18.8. The molecule has 0 spiro atoms. The maximum Gasteiger partial charge on any atom is 0.338 e. The fraction of sp³-hybridized carbons (Fsp3) is 0.231. The second-order valence-electron chi connectivity index (χ2n) is 7.79. The second kappa shape index (κ2) is 10.7. The van der Waals surface area contributed by atoms with Crippen LogP contribution in [0.15, 0.2) is 66.9 Å². The van der Waals surface area contributed by atoms with Crippen molar-refractivity contribution in [1.29, 1.82) is 0 Å². The number of anilines is 1. The predicted molar refractivity (Wildman–Crippen MR) is 127 cm³/mol. The van der Waals surface area contributed by atoms with Crippen molar-refractivity contribution >= 4 is 28.7 Å². The van der Waals surface area contributed by atoms with Crippen LogP contribution in [0.1, 0.15) is 41.5 Å². The molecular formula is C26H25FN4O3. The van der Waals surface area contributed by atoms with Crippen molar-refractivity contribution in [1.82, 2.24) is 14.5 Å². The van der Waals surface area contributed by atoms with E-state index < -0.39 is 5.97 Å². The van der Waals surface area contributed by atoms with E-state index in [4.69, 9.17) is 9.72 Å². The summed E-state index contributed by atoms with van der Waals surface area (Å²) in [5.41, 5.74) is 3.54. The van der Waals surface area contributed by atoms with E-state index in [0.29, 0.717) is 43.7 Å². The van der Waals surface area contributed by atoms with Crippen LogP contribution in [0.3, 0.4) is 0 Å². The van der Waals surface area contributed by atoms with Crippen molar-refractivity contribution < 1.29 is 18.7 Å². The number of rotatable bonds is 9. The molecule has 0 saturated heterocycles. The molecule has 7 nitrogen and oxygen atoms in total. The summed E-state index contributed by atoms with van der Waals surface area (Å²) in [5.74, 6) is 0.0327. The molecular weight excluding hydrogens is 435 g/mol. The molecule has 0 aliphatic rings. The molecule has 0 unspecified atom stereocenters. The average Bonchev–Trinajstić information content (AvgIpc) is 3.18. The van der Waals surface area contributed by atoms with E-state index >= 15 is 0 Å². The predicted octanol–water partition coefficient (Wildman–Crippen LogP) is 4.76. The Hall–Kier alpha value is -4.07. The van der Waals surface area contributed by atoms with Crippen molar-refractivity contribution in [3.05, 3.63) is 89.6 Å². The molecule has 1 N–H and O–H groups in total. The highest BCUT2D eigenvalue weighted by Gasteiger charge is 2.13. The molecule has 0 aliphatic heterocycles. The van der Waals surface area contributed by atoms with Gasteiger partial charge in [0.15, 0.2) is 5.65 Å². The van der Waals surface area contributed by atoms with Crippen LogP contribution in [0.2, 0.25) is 0 Å². The topological polar surface area (TPSA) is 86.1 Å². The van der Waals surface area contributed by atoms with Crippen molar-refractivity contribution in [2.24, 2.45) is 0 Å². The number of hydrogen-bond donors (Lipinski definition) is 1. The van der Waals surface area contributed by atoms with Crippen LogP contribution in [-0.4, -0.2) is 33.0 Å². The number of pyridine rings is 1. The maximum absolute atomic E-state index is 13.3. The summed E-state index contributed by atoms with van der Waals surface area (Å²) in [4.78, 5) is 33.3. The van der Waals surface area contributed by atoms with E-state index in [1.807, 2.05) is 16.7 Å². The first kappa shape index (κ1) is 23.1. The summed E-state index contributed by atoms with van der Waals surface area (Å²) in [6, 6.07) is 16.7. The molecule has 2 aromatic carbocycles. The number of halogens is 1. The van der Waals surface area contributed by atoms with Gasteiger partial charge in [-0.2, -0.15) is 0 Å². The van der Waals surface area contributed by atoms with Gasteiger partial charge in [-0.1, -0.05) is 12.1 Å². The Morgan fingerprint density at radius 1 is 1.06 bits per heavy atom. The number of esters is 1. The number of nitrogens with zero attached hydrogens (tertiary/aromatic N) is 3. The minimum absolute atomic E-state index is 0.122. The van der Waals surface area contributed by atoms with Gasteiger partial charge in [-0.3, -0.25) is 4.79 Å². The third kappa shape index (κ3) is 5.64. The van der Waals surface area contributed by atoms with E-state index in [0.717, 1.165) is 22.6 Å². The molecule has 0 atom stereocenters. The van der Waals surface area contributed by atoms with E-state index in [1.54, 1.807) is 49.5 Å². The van der Waals surface area contributed by atoms with Gasteiger partial charge in [0.25, 0.3) is 0 Å². The number of imidazole rings is 1. The molecule has 0 fully saturated rings. The molecule has 0 radical (unpaired) electrons. The first-order valence-electron chi connectivity index (χ1n) is 11.1. The Kier molecular flexibility index (Phi) is 7.27. The fourth-order valence-electron chi connectivity index (χ4n) is 3.67. The van der Waals surface area contributed by atoms with E-state index in [1.165, 1.54) is 12.1 Å². The van der Waals surface area contributed by atoms with E-state index in [2.05, 4.69) is 10.3 Å². The SMILES string of the molecule is CCOC(=O)c1ccc(NC(=O)CCCc2nc3cccnc3n2Cc2ccc(F)cc2)cc1. The lowest BCUT2D eigenvalue weighted by Crippen LogP contribution is -2.13. The summed E-state index contributed by atoms with van der Waals surface area (Å²) < 4.78 is 20.3. The third-order valence-corrected chi connectivity index (χ3v) is 5.32. The van der Waals surface area contributed by atoms with Crippen LogP contribution < -0.4 is 5.32 Å². The Balaban J connectivity index is 1.38. The first-order valence-corrected chi connectivity index (χ1v) is 11.1. The van der Waals surface area contributed by atoms with Gasteiger partial charge >= 0.3 is 5.97 Å². The summed E-state index contributed by atoms with van der Waals surface area (Å²) >= 11 is 0. The van der Waals surface area contributed by atoms with Crippen molar-refractivity contribution in [3.63, 3.8) is 0 Å². The molecule has 8 heteroatoms. The standard InChI is InChI=1S/C26H25FN4O3/c1-2-34-26(33)19-10-14-21(15-11-19)29-24(32)7-3-6-23-30-22-5-4-16-28-25(22)31(23)17-18-8-12-20(27)13-9-18/h4-5,8-16H,2-3,6-7,17H2,1H3,(H,29,32). The normalized spacial score (nSPS) is 10.9. The molecule has 0 saturated carbocycles. The highest BCUT2D eigenvalue weighted by atomic mass is 19.1. The van der Waals surface area contributed by atoms with Crippen molar-refractivity contribution in [3.8, 4) is 0 Å². The molecule has 174 valence electrons. The van der Waals surface area contributed by atoms with Gasteiger partial charge in [-0.15, -0.1) is 0 Å². The molecule has 34 heavy (non-hydrogen) atoms. The third-order valence-electron chi connectivity index (χ3n) is 5.32. The molecule has 2 heterocycles. The Morgan fingerprint density at radius 2 is 1.82 bits per heavy atom. The van der Waals surface area contributed by atoms with Gasteiger partial charge in [-0.25, -0.2) is 19.2 Å². The highest BCUT2D eigenvalue weighted by Crippen LogP contribution is 2.18. The molecule has 4 aromatic rings. The van der Waals surface area contributed by atoms with Crippen LogP contribution in [-0.2, 0) is 22.5 Å². The minimum atomic E-state index is -0.390. The summed E-state index contributed by atoms with van der Waals surface area (Å²) in [6.07, 6.45) is 3.22. The number of amides is 1. The van der Waals surface area contributed by atoms with Gasteiger partial charge in [-0.05, 0) is 67.4 Å². The largest absolute Gasteiger partial charge is 0.462 e. The number of ether oxygens (including phenoxy) is 1. The van der Waals surface area contributed by atoms with Crippen LogP contribution in [0.4, 0.5) is 10.1 Å². The average molecular weight is 461 g/mol. The number of nitrogens with one attached hydrogen (secondary N) is 1. The van der Waals surface area contributed by atoms with E-state index in [-0.39, 0.29) is 11.7 Å². The van der Waals surface area contributed by atoms with Gasteiger partial charge in [0.1, 0.15) is 17.2 Å². The number of hydrogen-bond acceptors (Lipinski definition) is 5. The van der Waals surface area contributed by atoms with E-state index in [9.17, 15) is 14.0 Å². The van der Waals surface area contributed by atoms with Crippen LogP contribution in [0, 0.1) is 5.82 Å². The number of carbonyl (C=O) groups excluding carboxylic acids is 2. The second-order valence-corrected chi connectivity index (χ2v) is 7.79. The Labute approximate surface area is 196 Å². The Bertz CT molecular complexity index is 1280. The van der Waals surface area contributed by atoms with Gasteiger partial charge < -0.3 is 14.6 Å². The number of aromatic nitrogens is 3. The monoisotopic (exact) mass is 460 g/mol. The van der Waals surface area contributed by atoms with Gasteiger partial charge in [0.05, 0.1) is 18.7 Å². The fourth-order valence-corrected chi connectivity index (χ4v) is 3.67. The van der Waals surface area contributed by atoms with Crippen molar-refractivity contribution in [2.45, 2.75) is 32.7 Å². The summed E-state index contributed by atoms with van der Waals surface area (Å²) in [6.45, 7) is 2.58. The molecule has 2 aromatic heterocycles. The number of aryl methyl sites for hydroxylation is 1. The lowest BCUT2D eigenvalue weighted by Gasteiger charge is -2.09. The quantitative estimate of drug-likeness (QED) is 0.364. The maximum atomic E-state index is 13.3. The van der Waals surface area contributed by atoms with Gasteiger partial charge in [0.2, 0.25) is 5.91 Å². The van der Waals surface area contributed by atoms with Gasteiger partial charge in [0, 0.05) is 24.7 Å². The zero-order valence-corrected chi connectivity index (χ0v) is 18.8. The van der Waals surface area contributed by atoms with Crippen LogP contribution in [0.5, 0.6) is 0 Å². The lowest BCUT2D eigenvalue weighted by molar-refractivity contribution is -0.116. The number of carbonyl (C=O) groups is 2. The summed E-state index contributed by atoms with van der Waals surface area (Å²) in [5, 5.41) is 2.85. The number of benzene rings is 2.